The topological polar surface area (TPSA) is 20.2 Å². The van der Waals surface area contributed by atoms with Gasteiger partial charge in [-0.25, -0.2) is 0 Å². The minimum absolute atomic E-state index is 0.423. The molecule has 0 amide bonds. The van der Waals surface area contributed by atoms with E-state index < -0.39 is 0 Å². The quantitative estimate of drug-likeness (QED) is 0.493. The Kier molecular flexibility index (Phi) is 4.37. The van der Waals surface area contributed by atoms with Crippen molar-refractivity contribution in [3.8, 4) is 0 Å². The fourth-order valence-electron chi connectivity index (χ4n) is 5.24. The lowest BCUT2D eigenvalue weighted by Gasteiger charge is -2.58. The maximum atomic E-state index is 9.13. The van der Waals surface area contributed by atoms with E-state index >= 15 is 0 Å². The molecule has 0 aromatic heterocycles. The standard InChI is InChI=1S/C19H32O/c1-14(13-20)7-9-16-15(2)8-10-17-18(3,4)11-6-12-19(16,17)5/h13,16-17,20H,2,6-12H2,1,3-5H3/b14-13-. The van der Waals surface area contributed by atoms with E-state index in [1.807, 2.05) is 6.92 Å². The molecule has 0 aromatic carbocycles. The third-order valence-corrected chi connectivity index (χ3v) is 6.37. The molecule has 1 heteroatoms. The van der Waals surface area contributed by atoms with Crippen LogP contribution in [-0.4, -0.2) is 5.11 Å². The summed E-state index contributed by atoms with van der Waals surface area (Å²) in [7, 11) is 0. The van der Waals surface area contributed by atoms with Crippen LogP contribution in [0.5, 0.6) is 0 Å². The van der Waals surface area contributed by atoms with E-state index in [0.717, 1.165) is 24.3 Å². The van der Waals surface area contributed by atoms with Crippen molar-refractivity contribution in [2.24, 2.45) is 22.7 Å². The van der Waals surface area contributed by atoms with Crippen molar-refractivity contribution in [1.82, 2.24) is 0 Å². The van der Waals surface area contributed by atoms with Crippen molar-refractivity contribution >= 4 is 0 Å². The smallest absolute Gasteiger partial charge is 0.0780 e. The molecule has 0 heterocycles. The predicted molar refractivity (Wildman–Crippen MR) is 86.7 cm³/mol. The summed E-state index contributed by atoms with van der Waals surface area (Å²) >= 11 is 0. The van der Waals surface area contributed by atoms with Gasteiger partial charge >= 0.3 is 0 Å². The van der Waals surface area contributed by atoms with E-state index in [1.165, 1.54) is 43.9 Å². The van der Waals surface area contributed by atoms with E-state index in [9.17, 15) is 0 Å². The second-order valence-electron chi connectivity index (χ2n) is 8.16. The average Bonchev–Trinajstić information content (AvgIpc) is 2.36. The summed E-state index contributed by atoms with van der Waals surface area (Å²) < 4.78 is 0. The normalized spacial score (nSPS) is 37.6. The summed E-state index contributed by atoms with van der Waals surface area (Å²) in [5.74, 6) is 1.47. The Balaban J connectivity index is 2.22. The first-order chi connectivity index (χ1) is 9.31. The molecule has 0 bridgehead atoms. The molecule has 2 rings (SSSR count). The van der Waals surface area contributed by atoms with Crippen LogP contribution in [0.15, 0.2) is 24.0 Å². The van der Waals surface area contributed by atoms with E-state index in [2.05, 4.69) is 27.4 Å². The first-order valence-corrected chi connectivity index (χ1v) is 8.29. The molecular formula is C19H32O. The number of rotatable bonds is 3. The average molecular weight is 276 g/mol. The Morgan fingerprint density at radius 2 is 2.05 bits per heavy atom. The molecular weight excluding hydrogens is 244 g/mol. The molecule has 2 aliphatic rings. The SMILES string of the molecule is C=C1CCC2C(C)(C)CCCC2(C)C1CC/C(C)=C\O. The van der Waals surface area contributed by atoms with E-state index in [4.69, 9.17) is 5.11 Å². The van der Waals surface area contributed by atoms with E-state index in [1.54, 1.807) is 0 Å². The van der Waals surface area contributed by atoms with Crippen LogP contribution in [0, 0.1) is 22.7 Å². The van der Waals surface area contributed by atoms with Gasteiger partial charge in [0, 0.05) is 0 Å². The van der Waals surface area contributed by atoms with Crippen molar-refractivity contribution in [3.05, 3.63) is 24.0 Å². The van der Waals surface area contributed by atoms with Crippen LogP contribution in [-0.2, 0) is 0 Å². The zero-order chi connectivity index (χ0) is 15.0. The largest absolute Gasteiger partial charge is 0.516 e. The molecule has 1 nitrogen and oxygen atoms in total. The van der Waals surface area contributed by atoms with Crippen LogP contribution in [0.1, 0.15) is 72.6 Å². The summed E-state index contributed by atoms with van der Waals surface area (Å²) in [5.41, 5.74) is 3.46. The van der Waals surface area contributed by atoms with Crippen LogP contribution in [0.25, 0.3) is 0 Å². The molecule has 2 fully saturated rings. The Hall–Kier alpha value is -0.720. The second-order valence-corrected chi connectivity index (χ2v) is 8.16. The highest BCUT2D eigenvalue weighted by molar-refractivity contribution is 5.16. The number of fused-ring (bicyclic) bond motifs is 1. The molecule has 2 aliphatic carbocycles. The monoisotopic (exact) mass is 276 g/mol. The van der Waals surface area contributed by atoms with Crippen molar-refractivity contribution < 1.29 is 5.11 Å². The van der Waals surface area contributed by atoms with Gasteiger partial charge in [0.15, 0.2) is 0 Å². The van der Waals surface area contributed by atoms with Crippen molar-refractivity contribution in [2.45, 2.75) is 72.6 Å². The van der Waals surface area contributed by atoms with Gasteiger partial charge in [0.1, 0.15) is 0 Å². The Morgan fingerprint density at radius 3 is 2.70 bits per heavy atom. The fourth-order valence-corrected chi connectivity index (χ4v) is 5.24. The summed E-state index contributed by atoms with van der Waals surface area (Å²) in [6, 6.07) is 0. The first kappa shape index (κ1) is 15.7. The minimum Gasteiger partial charge on any atom is -0.516 e. The summed E-state index contributed by atoms with van der Waals surface area (Å²) in [5, 5.41) is 9.13. The number of hydrogen-bond donors (Lipinski definition) is 1. The van der Waals surface area contributed by atoms with Gasteiger partial charge in [0.25, 0.3) is 0 Å². The predicted octanol–water partition coefficient (Wildman–Crippen LogP) is 6.03. The van der Waals surface area contributed by atoms with Crippen molar-refractivity contribution in [1.29, 1.82) is 0 Å². The molecule has 0 aromatic rings. The highest BCUT2D eigenvalue weighted by Gasteiger charge is 2.52. The number of aliphatic hydroxyl groups is 1. The minimum atomic E-state index is 0.423. The first-order valence-electron chi connectivity index (χ1n) is 8.29. The lowest BCUT2D eigenvalue weighted by Crippen LogP contribution is -2.49. The van der Waals surface area contributed by atoms with Gasteiger partial charge in [-0.1, -0.05) is 39.3 Å². The van der Waals surface area contributed by atoms with Crippen LogP contribution < -0.4 is 0 Å². The number of aliphatic hydroxyl groups excluding tert-OH is 1. The molecule has 1 N–H and O–H groups in total. The molecule has 3 unspecified atom stereocenters. The van der Waals surface area contributed by atoms with Gasteiger partial charge in [-0.2, -0.15) is 0 Å². The Labute approximate surface area is 125 Å². The molecule has 0 saturated heterocycles. The summed E-state index contributed by atoms with van der Waals surface area (Å²) in [6.45, 7) is 13.9. The molecule has 20 heavy (non-hydrogen) atoms. The van der Waals surface area contributed by atoms with Crippen molar-refractivity contribution in [2.75, 3.05) is 0 Å². The molecule has 114 valence electrons. The highest BCUT2D eigenvalue weighted by Crippen LogP contribution is 2.61. The fraction of sp³-hybridized carbons (Fsp3) is 0.789. The van der Waals surface area contributed by atoms with E-state index in [-0.39, 0.29) is 0 Å². The van der Waals surface area contributed by atoms with Crippen molar-refractivity contribution in [3.63, 3.8) is 0 Å². The second kappa shape index (κ2) is 5.58. The molecule has 0 radical (unpaired) electrons. The Bertz CT molecular complexity index is 404. The van der Waals surface area contributed by atoms with Crippen LogP contribution in [0.3, 0.4) is 0 Å². The van der Waals surface area contributed by atoms with Gasteiger partial charge in [0.2, 0.25) is 0 Å². The third kappa shape index (κ3) is 2.69. The van der Waals surface area contributed by atoms with Gasteiger partial charge in [0.05, 0.1) is 6.26 Å². The lowest BCUT2D eigenvalue weighted by molar-refractivity contribution is -0.0539. The maximum Gasteiger partial charge on any atom is 0.0780 e. The molecule has 2 saturated carbocycles. The van der Waals surface area contributed by atoms with Crippen LogP contribution in [0.2, 0.25) is 0 Å². The van der Waals surface area contributed by atoms with E-state index in [0.29, 0.717) is 16.7 Å². The van der Waals surface area contributed by atoms with Gasteiger partial charge < -0.3 is 5.11 Å². The van der Waals surface area contributed by atoms with Gasteiger partial charge in [-0.05, 0) is 73.7 Å². The van der Waals surface area contributed by atoms with Gasteiger partial charge in [-0.15, -0.1) is 0 Å². The zero-order valence-electron chi connectivity index (χ0n) is 13.8. The lowest BCUT2D eigenvalue weighted by atomic mass is 9.47. The Morgan fingerprint density at radius 1 is 1.35 bits per heavy atom. The highest BCUT2D eigenvalue weighted by atomic mass is 16.2. The molecule has 3 atom stereocenters. The van der Waals surface area contributed by atoms with Gasteiger partial charge in [-0.3, -0.25) is 0 Å². The zero-order valence-corrected chi connectivity index (χ0v) is 13.8. The molecule has 0 aliphatic heterocycles. The number of hydrogen-bond acceptors (Lipinski definition) is 1. The summed E-state index contributed by atoms with van der Waals surface area (Å²) in [6.07, 6.45) is 10.1. The summed E-state index contributed by atoms with van der Waals surface area (Å²) in [4.78, 5) is 0. The molecule has 0 spiro atoms. The van der Waals surface area contributed by atoms with Crippen LogP contribution in [0.4, 0.5) is 0 Å². The third-order valence-electron chi connectivity index (χ3n) is 6.37. The maximum absolute atomic E-state index is 9.13. The van der Waals surface area contributed by atoms with Crippen LogP contribution >= 0.6 is 0 Å². The number of allylic oxidation sites excluding steroid dienone is 2.